The van der Waals surface area contributed by atoms with E-state index in [1.54, 1.807) is 6.26 Å². The van der Waals surface area contributed by atoms with Gasteiger partial charge in [-0.15, -0.1) is 0 Å². The van der Waals surface area contributed by atoms with Crippen molar-refractivity contribution in [3.63, 3.8) is 0 Å². The van der Waals surface area contributed by atoms with E-state index in [1.165, 1.54) is 5.56 Å². The Morgan fingerprint density at radius 2 is 1.23 bits per heavy atom. The van der Waals surface area contributed by atoms with E-state index in [2.05, 4.69) is 48.7 Å². The van der Waals surface area contributed by atoms with E-state index in [9.17, 15) is 4.79 Å². The summed E-state index contributed by atoms with van der Waals surface area (Å²) in [5.74, 6) is 0.179. The van der Waals surface area contributed by atoms with Crippen LogP contribution in [-0.2, 0) is 6.42 Å². The third-order valence-corrected chi connectivity index (χ3v) is 5.46. The van der Waals surface area contributed by atoms with E-state index in [4.69, 9.17) is 0 Å². The van der Waals surface area contributed by atoms with Crippen LogP contribution in [0.15, 0.2) is 84.9 Å². The molecule has 0 N–H and O–H groups in total. The van der Waals surface area contributed by atoms with Crippen molar-refractivity contribution in [3.8, 4) is 11.1 Å². The highest BCUT2D eigenvalue weighted by atomic mass is 32.1. The summed E-state index contributed by atoms with van der Waals surface area (Å²) in [6.45, 7) is 6.10. The van der Waals surface area contributed by atoms with Crippen LogP contribution in [0.2, 0.25) is 0 Å². The molecule has 0 aliphatic rings. The number of ketones is 1. The van der Waals surface area contributed by atoms with Gasteiger partial charge in [0, 0.05) is 5.56 Å². The molecule has 1 atom stereocenters. The zero-order chi connectivity index (χ0) is 23.3. The molecule has 166 valence electrons. The van der Waals surface area contributed by atoms with Crippen molar-refractivity contribution in [3.05, 3.63) is 96.1 Å². The molecule has 2 nitrogen and oxygen atoms in total. The van der Waals surface area contributed by atoms with E-state index >= 15 is 0 Å². The van der Waals surface area contributed by atoms with E-state index in [0.29, 0.717) is 6.42 Å². The van der Waals surface area contributed by atoms with Crippen LogP contribution in [0.25, 0.3) is 11.1 Å². The summed E-state index contributed by atoms with van der Waals surface area (Å²) >= 11 is 3.53. The molecule has 3 aromatic rings. The number of carbonyl (C=O) groups excluding carboxylic acids is 1. The Hall–Kier alpha value is -2.36. The first-order valence-electron chi connectivity index (χ1n) is 10.9. The first-order valence-corrected chi connectivity index (χ1v) is 11.8. The Balaban J connectivity index is 0.00000113. The molecule has 31 heavy (non-hydrogen) atoms. The highest BCUT2D eigenvalue weighted by molar-refractivity contribution is 7.79. The van der Waals surface area contributed by atoms with E-state index in [0.717, 1.165) is 23.1 Å². The van der Waals surface area contributed by atoms with Crippen molar-refractivity contribution in [1.29, 1.82) is 0 Å². The highest BCUT2D eigenvalue weighted by Gasteiger charge is 2.39. The summed E-state index contributed by atoms with van der Waals surface area (Å²) in [7, 11) is 4.01. The molecule has 0 fully saturated rings. The van der Waals surface area contributed by atoms with Gasteiger partial charge in [-0.3, -0.25) is 9.69 Å². The van der Waals surface area contributed by atoms with Gasteiger partial charge in [0.15, 0.2) is 5.78 Å². The maximum Gasteiger partial charge on any atom is 0.183 e. The molecule has 0 amide bonds. The Morgan fingerprint density at radius 3 is 1.68 bits per heavy atom. The molecule has 1 unspecified atom stereocenters. The molecule has 0 spiro atoms. The van der Waals surface area contributed by atoms with Gasteiger partial charge in [-0.25, -0.2) is 0 Å². The second-order valence-corrected chi connectivity index (χ2v) is 7.21. The lowest BCUT2D eigenvalue weighted by Gasteiger charge is -2.38. The summed E-state index contributed by atoms with van der Waals surface area (Å²) in [5, 5.41) is 0. The van der Waals surface area contributed by atoms with E-state index in [-0.39, 0.29) is 5.78 Å². The number of nitrogens with zero attached hydrogens (tertiary/aromatic N) is 1. The van der Waals surface area contributed by atoms with Gasteiger partial charge in [0.25, 0.3) is 0 Å². The molecule has 3 aromatic carbocycles. The molecule has 0 radical (unpaired) electrons. The fraction of sp³-hybridized carbons (Fsp3) is 0.321. The zero-order valence-electron chi connectivity index (χ0n) is 19.8. The lowest BCUT2D eigenvalue weighted by molar-refractivity contribution is 0.0666. The van der Waals surface area contributed by atoms with Crippen LogP contribution in [0.5, 0.6) is 0 Å². The Kier molecular flexibility index (Phi) is 11.9. The molecular formula is C28H37NOS. The minimum Gasteiger partial charge on any atom is -0.297 e. The summed E-state index contributed by atoms with van der Waals surface area (Å²) in [6, 6.07) is 28.5. The number of benzene rings is 3. The number of rotatable bonds is 7. The fourth-order valence-corrected chi connectivity index (χ4v) is 3.69. The average molecular weight is 436 g/mol. The van der Waals surface area contributed by atoms with Gasteiger partial charge in [-0.05, 0) is 49.9 Å². The van der Waals surface area contributed by atoms with Gasteiger partial charge >= 0.3 is 0 Å². The molecule has 0 aliphatic carbocycles. The number of hydrogen-bond acceptors (Lipinski definition) is 3. The molecular weight excluding hydrogens is 398 g/mol. The molecule has 0 saturated carbocycles. The van der Waals surface area contributed by atoms with E-state index in [1.807, 2.05) is 88.6 Å². The lowest BCUT2D eigenvalue weighted by Crippen LogP contribution is -2.52. The van der Waals surface area contributed by atoms with Crippen LogP contribution in [0.4, 0.5) is 0 Å². The zero-order valence-corrected chi connectivity index (χ0v) is 20.7. The molecule has 3 rings (SSSR count). The van der Waals surface area contributed by atoms with Crippen molar-refractivity contribution < 1.29 is 4.79 Å². The minimum absolute atomic E-state index is 0.179. The minimum atomic E-state index is -0.546. The van der Waals surface area contributed by atoms with Crippen molar-refractivity contribution in [2.45, 2.75) is 39.2 Å². The van der Waals surface area contributed by atoms with Gasteiger partial charge in [-0.2, -0.15) is 12.6 Å². The quantitative estimate of drug-likeness (QED) is 0.317. The highest BCUT2D eigenvalue weighted by Crippen LogP contribution is 2.29. The van der Waals surface area contributed by atoms with Crippen LogP contribution >= 0.6 is 12.6 Å². The van der Waals surface area contributed by atoms with Crippen LogP contribution in [0, 0.1) is 0 Å². The summed E-state index contributed by atoms with van der Waals surface area (Å²) < 4.78 is 0. The standard InChI is InChI=1S/C25H27NO.C2H6.CH4S/c1-4-25(26(2)3,19-20-11-7-5-8-12-20)24(27)23-17-15-22(16-18-23)21-13-9-6-10-14-21;2*1-2/h5-18H,4,19H2,1-3H3;1-2H3;2H,1H3. The number of carbonyl (C=O) groups is 1. The summed E-state index contributed by atoms with van der Waals surface area (Å²) in [6.07, 6.45) is 3.16. The predicted molar refractivity (Wildman–Crippen MR) is 139 cm³/mol. The smallest absolute Gasteiger partial charge is 0.183 e. The number of hydrogen-bond donors (Lipinski definition) is 1. The van der Waals surface area contributed by atoms with Gasteiger partial charge in [0.2, 0.25) is 0 Å². The SMILES string of the molecule is CC.CCC(Cc1ccccc1)(C(=O)c1ccc(-c2ccccc2)cc1)N(C)C.CS. The second kappa shape index (κ2) is 13.8. The molecule has 0 heterocycles. The largest absolute Gasteiger partial charge is 0.297 e. The topological polar surface area (TPSA) is 20.3 Å². The van der Waals surface area contributed by atoms with Crippen molar-refractivity contribution in [2.24, 2.45) is 0 Å². The third kappa shape index (κ3) is 6.81. The monoisotopic (exact) mass is 435 g/mol. The van der Waals surface area contributed by atoms with Gasteiger partial charge in [0.1, 0.15) is 0 Å². The number of thiol groups is 1. The Bertz CT molecular complexity index is 876. The van der Waals surface area contributed by atoms with Crippen LogP contribution in [0.1, 0.15) is 43.1 Å². The van der Waals surface area contributed by atoms with Gasteiger partial charge < -0.3 is 0 Å². The maximum atomic E-state index is 13.5. The fourth-order valence-electron chi connectivity index (χ4n) is 3.69. The van der Waals surface area contributed by atoms with Crippen molar-refractivity contribution in [1.82, 2.24) is 4.90 Å². The first-order chi connectivity index (χ1) is 15.1. The van der Waals surface area contributed by atoms with Gasteiger partial charge in [0.05, 0.1) is 5.54 Å². The number of likely N-dealkylation sites (N-methyl/N-ethyl adjacent to an activating group) is 1. The van der Waals surface area contributed by atoms with Crippen LogP contribution in [-0.4, -0.2) is 36.6 Å². The van der Waals surface area contributed by atoms with Crippen LogP contribution in [0.3, 0.4) is 0 Å². The van der Waals surface area contributed by atoms with E-state index < -0.39 is 5.54 Å². The second-order valence-electron chi connectivity index (χ2n) is 7.21. The Labute approximate surface area is 194 Å². The van der Waals surface area contributed by atoms with Crippen molar-refractivity contribution in [2.75, 3.05) is 20.4 Å². The average Bonchev–Trinajstić information content (AvgIpc) is 2.86. The first kappa shape index (κ1) is 26.7. The third-order valence-electron chi connectivity index (χ3n) is 5.46. The maximum absolute atomic E-state index is 13.5. The molecule has 0 aliphatic heterocycles. The summed E-state index contributed by atoms with van der Waals surface area (Å²) in [4.78, 5) is 15.6. The lowest BCUT2D eigenvalue weighted by atomic mass is 9.80. The number of Topliss-reactive ketones (excluding diaryl/α,β-unsaturated/α-hetero) is 1. The summed E-state index contributed by atoms with van der Waals surface area (Å²) in [5.41, 5.74) is 3.69. The molecule has 0 saturated heterocycles. The normalized spacial score (nSPS) is 12.0. The van der Waals surface area contributed by atoms with Crippen molar-refractivity contribution >= 4 is 18.4 Å². The van der Waals surface area contributed by atoms with Crippen LogP contribution < -0.4 is 0 Å². The predicted octanol–water partition coefficient (Wildman–Crippen LogP) is 7.06. The molecule has 3 heteroatoms. The van der Waals surface area contributed by atoms with Gasteiger partial charge in [-0.1, -0.05) is 106 Å². The Morgan fingerprint density at radius 1 is 0.774 bits per heavy atom. The molecule has 0 aromatic heterocycles. The molecule has 0 bridgehead atoms.